The Kier molecular flexibility index (Phi) is 10.1. The van der Waals surface area contributed by atoms with Gasteiger partial charge in [-0.3, -0.25) is 13.9 Å². The molecule has 1 heterocycles. The highest BCUT2D eigenvalue weighted by Crippen LogP contribution is 2.35. The normalized spacial score (nSPS) is 13.9. The van der Waals surface area contributed by atoms with Crippen LogP contribution >= 0.6 is 11.6 Å². The van der Waals surface area contributed by atoms with Crippen molar-refractivity contribution in [1.29, 1.82) is 0 Å². The molecule has 0 aliphatic carbocycles. The highest BCUT2D eigenvalue weighted by molar-refractivity contribution is 7.92. The molecule has 1 aliphatic heterocycles. The Morgan fingerprint density at radius 1 is 1.08 bits per heavy atom. The van der Waals surface area contributed by atoms with Crippen LogP contribution in [0.3, 0.4) is 0 Å². The van der Waals surface area contributed by atoms with Gasteiger partial charge in [0.2, 0.25) is 21.8 Å². The van der Waals surface area contributed by atoms with Gasteiger partial charge in [-0.15, -0.1) is 0 Å². The molecule has 0 unspecified atom stereocenters. The second-order valence-corrected chi connectivity index (χ2v) is 12.9. The van der Waals surface area contributed by atoms with Crippen LogP contribution in [-0.4, -0.2) is 62.7 Å². The lowest BCUT2D eigenvalue weighted by Gasteiger charge is -2.33. The molecule has 0 saturated carbocycles. The van der Waals surface area contributed by atoms with Gasteiger partial charge in [0.1, 0.15) is 19.3 Å². The number of halogens is 1. The first-order valence-electron chi connectivity index (χ1n) is 13.0. The Bertz CT molecular complexity index is 1280. The van der Waals surface area contributed by atoms with E-state index in [2.05, 4.69) is 5.32 Å². The third-order valence-corrected chi connectivity index (χ3v) is 7.71. The molecule has 2 aromatic rings. The lowest BCUT2D eigenvalue weighted by Crippen LogP contribution is -2.53. The van der Waals surface area contributed by atoms with Crippen LogP contribution in [-0.2, 0) is 26.2 Å². The topological polar surface area (TPSA) is 105 Å². The number of nitrogens with one attached hydrogen (secondary N) is 1. The lowest BCUT2D eigenvalue weighted by molar-refractivity contribution is -0.142. The van der Waals surface area contributed by atoms with Crippen LogP contribution in [0.1, 0.15) is 52.5 Å². The van der Waals surface area contributed by atoms with Gasteiger partial charge >= 0.3 is 0 Å². The second kappa shape index (κ2) is 12.9. The Morgan fingerprint density at radius 3 is 2.36 bits per heavy atom. The SMILES string of the molecule is CC[C@@H](C(=O)NC(C)(C)C)N(Cc1ccccc1Cl)C(=O)CCCN(c1ccc2c(c1)OCCO2)S(C)(=O)=O. The lowest BCUT2D eigenvalue weighted by atomic mass is 10.0. The van der Waals surface area contributed by atoms with Crippen molar-refractivity contribution in [2.45, 2.75) is 65.1 Å². The zero-order valence-corrected chi connectivity index (χ0v) is 24.8. The molecular weight excluding hydrogens is 542 g/mol. The average Bonchev–Trinajstić information content (AvgIpc) is 2.85. The first-order chi connectivity index (χ1) is 18.3. The monoisotopic (exact) mass is 579 g/mol. The minimum Gasteiger partial charge on any atom is -0.486 e. The number of carbonyl (C=O) groups excluding carboxylic acids is 2. The predicted octanol–water partition coefficient (Wildman–Crippen LogP) is 4.38. The van der Waals surface area contributed by atoms with E-state index in [1.54, 1.807) is 30.3 Å². The van der Waals surface area contributed by atoms with Gasteiger partial charge in [0.25, 0.3) is 0 Å². The Labute approximate surface area is 236 Å². The maximum Gasteiger partial charge on any atom is 0.243 e. The smallest absolute Gasteiger partial charge is 0.243 e. The van der Waals surface area contributed by atoms with Gasteiger partial charge in [0.15, 0.2) is 11.5 Å². The summed E-state index contributed by atoms with van der Waals surface area (Å²) in [5.41, 5.74) is 0.685. The average molecular weight is 580 g/mol. The molecule has 2 aromatic carbocycles. The highest BCUT2D eigenvalue weighted by atomic mass is 35.5. The van der Waals surface area contributed by atoms with E-state index in [0.29, 0.717) is 41.8 Å². The maximum atomic E-state index is 13.6. The van der Waals surface area contributed by atoms with Crippen LogP contribution in [0.5, 0.6) is 11.5 Å². The van der Waals surface area contributed by atoms with Gasteiger partial charge in [-0.25, -0.2) is 8.42 Å². The maximum absolute atomic E-state index is 13.6. The van der Waals surface area contributed by atoms with Gasteiger partial charge < -0.3 is 19.7 Å². The van der Waals surface area contributed by atoms with Crippen LogP contribution < -0.4 is 19.1 Å². The molecular formula is C28H38ClN3O6S. The third kappa shape index (κ3) is 8.50. The summed E-state index contributed by atoms with van der Waals surface area (Å²) in [4.78, 5) is 28.3. The first-order valence-corrected chi connectivity index (χ1v) is 15.2. The first kappa shape index (κ1) is 30.6. The van der Waals surface area contributed by atoms with E-state index in [1.807, 2.05) is 39.8 Å². The molecule has 9 nitrogen and oxygen atoms in total. The number of anilines is 1. The number of hydrogen-bond acceptors (Lipinski definition) is 6. The van der Waals surface area contributed by atoms with Gasteiger partial charge in [-0.1, -0.05) is 36.7 Å². The van der Waals surface area contributed by atoms with Crippen molar-refractivity contribution in [3.63, 3.8) is 0 Å². The fourth-order valence-corrected chi connectivity index (χ4v) is 5.53. The van der Waals surface area contributed by atoms with Gasteiger partial charge in [0, 0.05) is 36.1 Å². The van der Waals surface area contributed by atoms with Crippen LogP contribution in [0.25, 0.3) is 0 Å². The summed E-state index contributed by atoms with van der Waals surface area (Å²) in [6.07, 6.45) is 1.82. The van der Waals surface area contributed by atoms with Crippen LogP contribution in [0, 0.1) is 0 Å². The van der Waals surface area contributed by atoms with Crippen molar-refractivity contribution >= 4 is 39.1 Å². The summed E-state index contributed by atoms with van der Waals surface area (Å²) < 4.78 is 37.7. The summed E-state index contributed by atoms with van der Waals surface area (Å²) in [5, 5.41) is 3.47. The van der Waals surface area contributed by atoms with Crippen molar-refractivity contribution in [3.05, 3.63) is 53.1 Å². The molecule has 0 spiro atoms. The molecule has 1 N–H and O–H groups in total. The van der Waals surface area contributed by atoms with E-state index < -0.39 is 21.6 Å². The third-order valence-electron chi connectivity index (χ3n) is 6.15. The number of fused-ring (bicyclic) bond motifs is 1. The van der Waals surface area contributed by atoms with E-state index in [9.17, 15) is 18.0 Å². The van der Waals surface area contributed by atoms with Crippen LogP contribution in [0.4, 0.5) is 5.69 Å². The van der Waals surface area contributed by atoms with Gasteiger partial charge in [-0.2, -0.15) is 0 Å². The molecule has 0 saturated heterocycles. The molecule has 39 heavy (non-hydrogen) atoms. The number of amides is 2. The van der Waals surface area contributed by atoms with Crippen molar-refractivity contribution in [1.82, 2.24) is 10.2 Å². The molecule has 11 heteroatoms. The summed E-state index contributed by atoms with van der Waals surface area (Å²) >= 11 is 6.39. The van der Waals surface area contributed by atoms with Crippen molar-refractivity contribution in [2.24, 2.45) is 0 Å². The number of carbonyl (C=O) groups is 2. The number of rotatable bonds is 11. The number of ether oxygens (including phenoxy) is 2. The molecule has 214 valence electrons. The van der Waals surface area contributed by atoms with Crippen molar-refractivity contribution < 1.29 is 27.5 Å². The van der Waals surface area contributed by atoms with E-state index in [1.165, 1.54) is 9.21 Å². The quantitative estimate of drug-likeness (QED) is 0.423. The molecule has 2 amide bonds. The number of sulfonamides is 1. The minimum absolute atomic E-state index is 0.0420. The molecule has 0 bridgehead atoms. The van der Waals surface area contributed by atoms with E-state index >= 15 is 0 Å². The summed E-state index contributed by atoms with van der Waals surface area (Å²) in [6.45, 7) is 8.56. The van der Waals surface area contributed by atoms with Crippen LogP contribution in [0.15, 0.2) is 42.5 Å². The number of hydrogen-bond donors (Lipinski definition) is 1. The molecule has 0 aromatic heterocycles. The van der Waals surface area contributed by atoms with E-state index in [4.69, 9.17) is 21.1 Å². The van der Waals surface area contributed by atoms with Gasteiger partial charge in [-0.05, 0) is 57.4 Å². The fourth-order valence-electron chi connectivity index (χ4n) is 4.37. The van der Waals surface area contributed by atoms with Crippen LogP contribution in [0.2, 0.25) is 5.02 Å². The molecule has 0 fully saturated rings. The zero-order valence-electron chi connectivity index (χ0n) is 23.2. The van der Waals surface area contributed by atoms with Crippen molar-refractivity contribution in [3.8, 4) is 11.5 Å². The second-order valence-electron chi connectivity index (χ2n) is 10.5. The minimum atomic E-state index is -3.64. The molecule has 0 radical (unpaired) electrons. The van der Waals surface area contributed by atoms with E-state index in [0.717, 1.165) is 11.8 Å². The predicted molar refractivity (Wildman–Crippen MR) is 153 cm³/mol. The highest BCUT2D eigenvalue weighted by Gasteiger charge is 2.31. The number of benzene rings is 2. The molecule has 3 rings (SSSR count). The molecule has 1 aliphatic rings. The summed E-state index contributed by atoms with van der Waals surface area (Å²) in [7, 11) is -3.64. The summed E-state index contributed by atoms with van der Waals surface area (Å²) in [5.74, 6) is 0.522. The Hall–Kier alpha value is -2.98. The Morgan fingerprint density at radius 2 is 1.74 bits per heavy atom. The Balaban J connectivity index is 1.79. The standard InChI is InChI=1S/C28H38ClN3O6S/c1-6-23(27(34)30-28(2,3)4)31(19-20-10-7-8-11-22(20)29)26(33)12-9-15-32(39(5,35)36)21-13-14-24-25(18-21)38-17-16-37-24/h7-8,10-11,13-14,18,23H,6,9,12,15-17,19H2,1-5H3,(H,30,34)/t23-/m0/s1. The zero-order chi connectivity index (χ0) is 28.8. The molecule has 1 atom stereocenters. The van der Waals surface area contributed by atoms with Gasteiger partial charge in [0.05, 0.1) is 11.9 Å². The number of nitrogens with zero attached hydrogens (tertiary/aromatic N) is 2. The largest absolute Gasteiger partial charge is 0.486 e. The fraction of sp³-hybridized carbons (Fsp3) is 0.500. The summed E-state index contributed by atoms with van der Waals surface area (Å²) in [6, 6.07) is 11.5. The van der Waals surface area contributed by atoms with E-state index in [-0.39, 0.29) is 37.7 Å². The van der Waals surface area contributed by atoms with Crippen molar-refractivity contribution in [2.75, 3.05) is 30.3 Å².